The van der Waals surface area contributed by atoms with Crippen LogP contribution in [0.25, 0.3) is 0 Å². The molecule has 1 amide bonds. The number of nitro groups is 1. The van der Waals surface area contributed by atoms with Crippen molar-refractivity contribution >= 4 is 23.0 Å². The lowest BCUT2D eigenvalue weighted by Gasteiger charge is -2.35. The molecule has 1 aliphatic rings. The number of likely N-dealkylation sites (N-methyl/N-ethyl adjacent to an activating group) is 1. The fourth-order valence-corrected chi connectivity index (χ4v) is 2.67. The average molecular weight is 323 g/mol. The smallest absolute Gasteiger partial charge is 0.292 e. The topological polar surface area (TPSA) is 128 Å². The SMILES string of the molecule is CN(CC(N)=O)C[C@@H]1CN(c2cc(N)ccc2[N+](=O)[O-])CCO1. The predicted octanol–water partition coefficient (Wildman–Crippen LogP) is -0.201. The highest BCUT2D eigenvalue weighted by Crippen LogP contribution is 2.31. The van der Waals surface area contributed by atoms with Gasteiger partial charge in [0.1, 0.15) is 5.69 Å². The zero-order valence-electron chi connectivity index (χ0n) is 13.0. The summed E-state index contributed by atoms with van der Waals surface area (Å²) in [5.74, 6) is -0.411. The van der Waals surface area contributed by atoms with Crippen molar-refractivity contribution in [2.45, 2.75) is 6.10 Å². The highest BCUT2D eigenvalue weighted by Gasteiger charge is 2.27. The first-order valence-corrected chi connectivity index (χ1v) is 7.24. The molecule has 0 unspecified atom stereocenters. The maximum atomic E-state index is 11.2. The number of morpholine rings is 1. The molecule has 9 heteroatoms. The van der Waals surface area contributed by atoms with E-state index in [1.807, 2.05) is 4.90 Å². The van der Waals surface area contributed by atoms with Crippen LogP contribution in [0, 0.1) is 10.1 Å². The first-order chi connectivity index (χ1) is 10.9. The number of amides is 1. The second kappa shape index (κ2) is 7.25. The lowest BCUT2D eigenvalue weighted by molar-refractivity contribution is -0.384. The number of carbonyl (C=O) groups is 1. The van der Waals surface area contributed by atoms with Crippen molar-refractivity contribution in [3.63, 3.8) is 0 Å². The Morgan fingerprint density at radius 2 is 2.30 bits per heavy atom. The van der Waals surface area contributed by atoms with E-state index in [1.54, 1.807) is 18.0 Å². The lowest BCUT2D eigenvalue weighted by atomic mass is 10.2. The van der Waals surface area contributed by atoms with Crippen molar-refractivity contribution in [3.8, 4) is 0 Å². The van der Waals surface area contributed by atoms with Gasteiger partial charge in [-0.15, -0.1) is 0 Å². The molecular weight excluding hydrogens is 302 g/mol. The van der Waals surface area contributed by atoms with E-state index in [9.17, 15) is 14.9 Å². The number of hydrogen-bond acceptors (Lipinski definition) is 7. The van der Waals surface area contributed by atoms with Gasteiger partial charge in [0, 0.05) is 31.4 Å². The van der Waals surface area contributed by atoms with Crippen LogP contribution < -0.4 is 16.4 Å². The number of nitrogen functional groups attached to an aromatic ring is 1. The quantitative estimate of drug-likeness (QED) is 0.421. The minimum atomic E-state index is -0.418. The molecule has 0 radical (unpaired) electrons. The zero-order chi connectivity index (χ0) is 17.0. The van der Waals surface area contributed by atoms with Crippen LogP contribution in [0.1, 0.15) is 0 Å². The summed E-state index contributed by atoms with van der Waals surface area (Å²) in [4.78, 5) is 25.4. The molecule has 9 nitrogen and oxygen atoms in total. The molecule has 1 heterocycles. The third-order valence-electron chi connectivity index (χ3n) is 3.62. The van der Waals surface area contributed by atoms with Crippen molar-refractivity contribution in [3.05, 3.63) is 28.3 Å². The number of ether oxygens (including phenoxy) is 1. The summed E-state index contributed by atoms with van der Waals surface area (Å²) in [5, 5.41) is 11.2. The Labute approximate surface area is 133 Å². The number of nitrogens with zero attached hydrogens (tertiary/aromatic N) is 3. The Balaban J connectivity index is 2.10. The summed E-state index contributed by atoms with van der Waals surface area (Å²) in [6, 6.07) is 4.53. The van der Waals surface area contributed by atoms with E-state index in [4.69, 9.17) is 16.2 Å². The number of primary amides is 1. The van der Waals surface area contributed by atoms with Crippen molar-refractivity contribution in [1.29, 1.82) is 0 Å². The Morgan fingerprint density at radius 1 is 1.57 bits per heavy atom. The summed E-state index contributed by atoms with van der Waals surface area (Å²) in [6.45, 7) is 2.11. The van der Waals surface area contributed by atoms with Gasteiger partial charge in [-0.1, -0.05) is 0 Å². The summed E-state index contributed by atoms with van der Waals surface area (Å²) in [6.07, 6.45) is -0.172. The summed E-state index contributed by atoms with van der Waals surface area (Å²) >= 11 is 0. The predicted molar refractivity (Wildman–Crippen MR) is 86.2 cm³/mol. The normalized spacial score (nSPS) is 18.2. The number of anilines is 2. The Hall–Kier alpha value is -2.39. The van der Waals surface area contributed by atoms with Gasteiger partial charge in [0.05, 0.1) is 24.2 Å². The van der Waals surface area contributed by atoms with Crippen molar-refractivity contribution in [2.24, 2.45) is 5.73 Å². The van der Waals surface area contributed by atoms with E-state index in [0.29, 0.717) is 37.6 Å². The minimum absolute atomic E-state index is 0.0188. The zero-order valence-corrected chi connectivity index (χ0v) is 13.0. The third kappa shape index (κ3) is 4.54. The van der Waals surface area contributed by atoms with Crippen molar-refractivity contribution in [2.75, 3.05) is 50.5 Å². The fourth-order valence-electron chi connectivity index (χ4n) is 2.67. The van der Waals surface area contributed by atoms with Gasteiger partial charge < -0.3 is 21.1 Å². The van der Waals surface area contributed by atoms with Crippen LogP contribution in [0.2, 0.25) is 0 Å². The van der Waals surface area contributed by atoms with E-state index in [2.05, 4.69) is 0 Å². The van der Waals surface area contributed by atoms with Crippen LogP contribution in [0.3, 0.4) is 0 Å². The number of carbonyl (C=O) groups excluding carboxylic acids is 1. The van der Waals surface area contributed by atoms with Crippen molar-refractivity contribution in [1.82, 2.24) is 4.90 Å². The maximum absolute atomic E-state index is 11.2. The van der Waals surface area contributed by atoms with E-state index in [-0.39, 0.29) is 18.3 Å². The molecule has 0 aromatic heterocycles. The lowest BCUT2D eigenvalue weighted by Crippen LogP contribution is -2.48. The molecule has 1 saturated heterocycles. The number of nitro benzene ring substituents is 1. The molecular formula is C14H21N5O4. The van der Waals surface area contributed by atoms with Gasteiger partial charge in [0.2, 0.25) is 5.91 Å². The molecule has 1 atom stereocenters. The van der Waals surface area contributed by atoms with Gasteiger partial charge in [-0.05, 0) is 19.2 Å². The van der Waals surface area contributed by atoms with Gasteiger partial charge >= 0.3 is 0 Å². The summed E-state index contributed by atoms with van der Waals surface area (Å²) in [5.41, 5.74) is 11.9. The van der Waals surface area contributed by atoms with Crippen LogP contribution >= 0.6 is 0 Å². The number of benzene rings is 1. The second-order valence-electron chi connectivity index (χ2n) is 5.61. The summed E-state index contributed by atoms with van der Waals surface area (Å²) < 4.78 is 5.68. The second-order valence-corrected chi connectivity index (χ2v) is 5.61. The first kappa shape index (κ1) is 17.0. The average Bonchev–Trinajstić information content (AvgIpc) is 2.46. The monoisotopic (exact) mass is 323 g/mol. The first-order valence-electron chi connectivity index (χ1n) is 7.24. The van der Waals surface area contributed by atoms with E-state index in [1.165, 1.54) is 12.1 Å². The molecule has 4 N–H and O–H groups in total. The highest BCUT2D eigenvalue weighted by molar-refractivity contribution is 5.75. The molecule has 0 aliphatic carbocycles. The summed E-state index contributed by atoms with van der Waals surface area (Å²) in [7, 11) is 1.77. The molecule has 2 rings (SSSR count). The molecule has 0 spiro atoms. The highest BCUT2D eigenvalue weighted by atomic mass is 16.6. The number of rotatable bonds is 6. The van der Waals surface area contributed by atoms with Gasteiger partial charge in [-0.2, -0.15) is 0 Å². The van der Waals surface area contributed by atoms with E-state index in [0.717, 1.165) is 0 Å². The molecule has 1 aliphatic heterocycles. The standard InChI is InChI=1S/C14H21N5O4/c1-17(9-14(16)20)7-11-8-18(4-5-23-11)13-6-10(15)2-3-12(13)19(21)22/h2-3,6,11H,4-5,7-9,15H2,1H3,(H2,16,20)/t11-/m1/s1. The molecule has 0 saturated carbocycles. The van der Waals surface area contributed by atoms with Crippen LogP contribution in [-0.4, -0.2) is 61.7 Å². The fraction of sp³-hybridized carbons (Fsp3) is 0.500. The molecule has 1 aromatic carbocycles. The number of hydrogen-bond donors (Lipinski definition) is 2. The van der Waals surface area contributed by atoms with Crippen LogP contribution in [0.5, 0.6) is 0 Å². The van der Waals surface area contributed by atoms with Crippen LogP contribution in [0.4, 0.5) is 17.1 Å². The Kier molecular flexibility index (Phi) is 5.35. The maximum Gasteiger partial charge on any atom is 0.292 e. The van der Waals surface area contributed by atoms with Gasteiger partial charge in [0.15, 0.2) is 0 Å². The van der Waals surface area contributed by atoms with E-state index >= 15 is 0 Å². The number of nitrogens with two attached hydrogens (primary N) is 2. The Bertz CT molecular complexity index is 595. The van der Waals surface area contributed by atoms with Gasteiger partial charge in [-0.3, -0.25) is 19.8 Å². The molecule has 0 bridgehead atoms. The van der Waals surface area contributed by atoms with Crippen molar-refractivity contribution < 1.29 is 14.5 Å². The molecule has 126 valence electrons. The van der Waals surface area contributed by atoms with E-state index < -0.39 is 10.8 Å². The van der Waals surface area contributed by atoms with Gasteiger partial charge in [-0.25, -0.2) is 0 Å². The van der Waals surface area contributed by atoms with Crippen LogP contribution in [-0.2, 0) is 9.53 Å². The van der Waals surface area contributed by atoms with Gasteiger partial charge in [0.25, 0.3) is 5.69 Å². The molecule has 1 aromatic rings. The largest absolute Gasteiger partial charge is 0.399 e. The Morgan fingerprint density at radius 3 is 2.96 bits per heavy atom. The van der Waals surface area contributed by atoms with Crippen LogP contribution in [0.15, 0.2) is 18.2 Å². The minimum Gasteiger partial charge on any atom is -0.399 e. The third-order valence-corrected chi connectivity index (χ3v) is 3.62. The molecule has 1 fully saturated rings. The molecule has 23 heavy (non-hydrogen) atoms.